The number of nitrogens with one attached hydrogen (secondary N) is 8. The first-order valence-electron chi connectivity index (χ1n) is 50.8. The van der Waals surface area contributed by atoms with Crippen molar-refractivity contribution in [2.45, 2.75) is 223 Å². The summed E-state index contributed by atoms with van der Waals surface area (Å²) in [6.07, 6.45) is 12.2. The second-order valence-corrected chi connectivity index (χ2v) is 41.9. The van der Waals surface area contributed by atoms with Gasteiger partial charge in [0.2, 0.25) is 47.3 Å². The van der Waals surface area contributed by atoms with Gasteiger partial charge in [-0.3, -0.25) is 48.3 Å². The van der Waals surface area contributed by atoms with Crippen LogP contribution >= 0.6 is 45.3 Å². The molecule has 0 unspecified atom stereocenters. The van der Waals surface area contributed by atoms with Gasteiger partial charge < -0.3 is 77.1 Å². The number of pyridine rings is 2. The van der Waals surface area contributed by atoms with E-state index >= 15 is 0 Å². The average molecular weight is 2060 g/mol. The number of fused-ring (bicyclic) bond motifs is 4. The minimum atomic E-state index is -1.04. The summed E-state index contributed by atoms with van der Waals surface area (Å²) in [7, 11) is 6.86. The van der Waals surface area contributed by atoms with E-state index in [2.05, 4.69) is 83.4 Å². The standard InChI is InChI=1S/C29H35FN4O3S.C29H37N5O3S.C28H29N5O2S.C25H29FN4O3S/c1-17(31-2)27(36)33-26(18-9-11-19(35)12-10-18)29(37)34-15-5-8-25(34)28-32-24(16-38-28)22-13-14-23(30)21-7-4-3-6-20(21)22;1-4-20-16-22(21-8-5-6-9-23(21)31-20)24-17-38-28(32-24)25-10-7-13-34(25)29(36)26(19-11-14-37-15-12-19)33-27(35)18(2)30-3;1-18(29-2)26(34)32-25(19-9-4-3-5-10-19)28(35)33-16-8-13-24(33)27-31-23(17-36-27)21-14-15-30-22-12-7-6-11-20(21)22;1-14(27-3)23(32)29-22(15(2)31)25(33)30-12-6-9-21(30)24-28-20(13-34-24)18-10-11-19(26)17-8-5-4-7-16(17)18/h3-4,6-7,13-14,16-19,25-26,31,35H,5,8-12,15H2,1-2H3,(H,33,36);5-6,8-9,16-19,25-26,30H,4,7,10-15H2,1-3H3,(H,33,35);3-7,9-12,14-15,17-18,24-25,29H,8,13,16H2,1-2H3,(H,32,34);4-5,7-8,10-11,13-15,21-22,27,31H,6,9,12H2,1-3H3,(H,29,32)/t17-,18?,19?,25-,26-;18-,25-,26-;18-,24-,25-;14-,15+,21-,22-/m0000/s1. The van der Waals surface area contributed by atoms with Crippen LogP contribution in [0.1, 0.15) is 193 Å². The number of ether oxygens (including phenoxy) is 1. The largest absolute Gasteiger partial charge is 0.393 e. The quantitative estimate of drug-likeness (QED) is 0.0208. The van der Waals surface area contributed by atoms with E-state index in [0.29, 0.717) is 75.8 Å². The van der Waals surface area contributed by atoms with Gasteiger partial charge in [-0.2, -0.15) is 0 Å². The summed E-state index contributed by atoms with van der Waals surface area (Å²) in [6, 6.07) is 45.6. The van der Waals surface area contributed by atoms with E-state index in [4.69, 9.17) is 29.7 Å². The Morgan fingerprint density at radius 3 is 1.19 bits per heavy atom. The molecule has 11 heterocycles. The number of carbonyl (C=O) groups excluding carboxylic acids is 8. The van der Waals surface area contributed by atoms with E-state index in [9.17, 15) is 57.4 Å². The first-order chi connectivity index (χ1) is 70.7. The molecule has 10 N–H and O–H groups in total. The van der Waals surface area contributed by atoms with Crippen molar-refractivity contribution in [1.82, 2.24) is 92.0 Å². The number of hydrogen-bond donors (Lipinski definition) is 10. The number of carbonyl (C=O) groups is 8. The lowest BCUT2D eigenvalue weighted by atomic mass is 9.81. The number of likely N-dealkylation sites (N-methyl/N-ethyl adjacent to an activating group) is 4. The van der Waals surface area contributed by atoms with Crippen LogP contribution in [0.2, 0.25) is 0 Å². The molecule has 29 nitrogen and oxygen atoms in total. The molecule has 6 aromatic heterocycles. The zero-order valence-electron chi connectivity index (χ0n) is 84.0. The molecule has 8 amide bonds. The smallest absolute Gasteiger partial charge is 0.250 e. The number of aliphatic hydroxyl groups excluding tert-OH is 2. The summed E-state index contributed by atoms with van der Waals surface area (Å²) >= 11 is 6.17. The normalized spacial score (nSPS) is 19.8. The van der Waals surface area contributed by atoms with Crippen LogP contribution in [-0.4, -0.2) is 229 Å². The van der Waals surface area contributed by atoms with Crippen molar-refractivity contribution in [1.29, 1.82) is 0 Å². The molecule has 768 valence electrons. The number of halogens is 2. The minimum Gasteiger partial charge on any atom is -0.393 e. The molecule has 6 aliphatic rings. The second-order valence-electron chi connectivity index (χ2n) is 38.3. The van der Waals surface area contributed by atoms with E-state index in [-0.39, 0.29) is 107 Å². The number of para-hydroxylation sites is 2. The van der Waals surface area contributed by atoms with E-state index in [1.165, 1.54) is 41.7 Å². The minimum absolute atomic E-state index is 0.00423. The Balaban J connectivity index is 0.000000139. The van der Waals surface area contributed by atoms with Crippen molar-refractivity contribution in [2.75, 3.05) is 67.6 Å². The third-order valence-electron chi connectivity index (χ3n) is 29.1. The van der Waals surface area contributed by atoms with Gasteiger partial charge >= 0.3 is 0 Å². The van der Waals surface area contributed by atoms with Gasteiger partial charge in [-0.05, 0) is 236 Å². The Morgan fingerprint density at radius 2 is 0.760 bits per heavy atom. The van der Waals surface area contributed by atoms with Gasteiger partial charge in [0.15, 0.2) is 0 Å². The molecule has 13 atom stereocenters. The fraction of sp³-hybridized carbons (Fsp3) is 0.423. The van der Waals surface area contributed by atoms with Gasteiger partial charge in [-0.25, -0.2) is 28.7 Å². The third kappa shape index (κ3) is 24.4. The van der Waals surface area contributed by atoms with Crippen molar-refractivity contribution < 1.29 is 62.1 Å². The lowest BCUT2D eigenvalue weighted by molar-refractivity contribution is -0.140. The SMILES string of the molecule is CCc1cc(-c2csc([C@@H]3CCCN3C(=O)[C@@H](NC(=O)[C@H](C)NC)C3CCOCC3)n2)c2ccccc2n1.CN[C@@H](C)C(=O)N[C@H](C(=O)N1CCC[C@H]1c1nc(-c2ccc(F)c3ccccc23)cs1)C1CCC(O)CC1.CN[C@@H](C)C(=O)N[C@H](C(=O)N1CCC[C@H]1c1nc(-c2ccc(F)c3ccccc23)cs1)[C@@H](C)O.CN[C@@H](C)C(=O)N[C@H](C(=O)N1CCC[C@H]1c1nc(-c2ccnc3ccccc23)cs1)c1ccccc1. The fourth-order valence-corrected chi connectivity index (χ4v) is 24.1. The molecule has 146 heavy (non-hydrogen) atoms. The molecule has 7 aromatic carbocycles. The maximum atomic E-state index is 14.4. The number of hydrogen-bond acceptors (Lipinski definition) is 25. The first kappa shape index (κ1) is 107. The van der Waals surface area contributed by atoms with Crippen LogP contribution in [0.15, 0.2) is 192 Å². The molecule has 5 saturated heterocycles. The number of rotatable bonds is 29. The zero-order valence-corrected chi connectivity index (χ0v) is 87.3. The number of aromatic nitrogens is 6. The van der Waals surface area contributed by atoms with E-state index < -0.39 is 48.4 Å². The highest BCUT2D eigenvalue weighted by Gasteiger charge is 2.46. The second kappa shape index (κ2) is 49.5. The summed E-state index contributed by atoms with van der Waals surface area (Å²) in [5.41, 5.74) is 10.9. The fourth-order valence-electron chi connectivity index (χ4n) is 20.2. The van der Waals surface area contributed by atoms with Crippen molar-refractivity contribution in [3.63, 3.8) is 0 Å². The predicted octanol–water partition coefficient (Wildman–Crippen LogP) is 16.2. The molecular weight excluding hydrogens is 1930 g/mol. The Kier molecular flexibility index (Phi) is 36.1. The van der Waals surface area contributed by atoms with Crippen LogP contribution in [-0.2, 0) is 49.5 Å². The van der Waals surface area contributed by atoms with Gasteiger partial charge in [0, 0.05) is 117 Å². The summed E-state index contributed by atoms with van der Waals surface area (Å²) in [5.74, 6) is -1.91. The molecule has 19 rings (SSSR count). The Hall–Kier alpha value is -12.3. The van der Waals surface area contributed by atoms with Gasteiger partial charge in [0.1, 0.15) is 55.8 Å². The van der Waals surface area contributed by atoms with Crippen LogP contribution in [0.3, 0.4) is 0 Å². The molecule has 6 fully saturated rings. The zero-order chi connectivity index (χ0) is 103. The van der Waals surface area contributed by atoms with Gasteiger partial charge in [0.25, 0.3) is 0 Å². The first-order valence-corrected chi connectivity index (χ1v) is 54.3. The number of likely N-dealkylation sites (tertiary alicyclic amines) is 4. The maximum Gasteiger partial charge on any atom is 0.250 e. The number of nitrogens with zero attached hydrogens (tertiary/aromatic N) is 10. The molecule has 0 spiro atoms. The summed E-state index contributed by atoms with van der Waals surface area (Å²) < 4.78 is 34.2. The van der Waals surface area contributed by atoms with Crippen molar-refractivity contribution >= 4 is 136 Å². The molecule has 1 saturated carbocycles. The maximum absolute atomic E-state index is 14.4. The Bertz CT molecular complexity index is 6750. The van der Waals surface area contributed by atoms with Crippen LogP contribution in [0.5, 0.6) is 0 Å². The van der Waals surface area contributed by atoms with Crippen LogP contribution < -0.4 is 42.5 Å². The average Bonchev–Trinajstić information content (AvgIpc) is 1.61. The van der Waals surface area contributed by atoms with Crippen LogP contribution in [0.4, 0.5) is 8.78 Å². The number of amides is 8. The van der Waals surface area contributed by atoms with Crippen LogP contribution in [0, 0.1) is 23.5 Å². The highest BCUT2D eigenvalue weighted by atomic mass is 32.1. The molecule has 1 aliphatic carbocycles. The summed E-state index contributed by atoms with van der Waals surface area (Å²) in [6.45, 7) is 14.3. The van der Waals surface area contributed by atoms with Crippen molar-refractivity contribution in [2.24, 2.45) is 11.8 Å². The third-order valence-corrected chi connectivity index (χ3v) is 32.9. The van der Waals surface area contributed by atoms with Crippen molar-refractivity contribution in [3.8, 4) is 45.0 Å². The lowest BCUT2D eigenvalue weighted by Gasteiger charge is -2.36. The van der Waals surface area contributed by atoms with Gasteiger partial charge in [0.05, 0.1) is 94.4 Å². The molecular formula is C111H130F2N18O11S4. The van der Waals surface area contributed by atoms with Crippen LogP contribution in [0.25, 0.3) is 88.4 Å². The molecule has 0 radical (unpaired) electrons. The molecule has 13 aromatic rings. The Morgan fingerprint density at radius 1 is 0.397 bits per heavy atom. The highest BCUT2D eigenvalue weighted by Crippen LogP contribution is 2.45. The number of thiazole rings is 4. The van der Waals surface area contributed by atoms with Crippen molar-refractivity contribution in [3.05, 3.63) is 234 Å². The van der Waals surface area contributed by atoms with Gasteiger partial charge in [-0.1, -0.05) is 122 Å². The molecule has 35 heteroatoms. The topological polar surface area (TPSA) is 373 Å². The number of aryl methyl sites for hydroxylation is 1. The molecule has 0 bridgehead atoms. The van der Waals surface area contributed by atoms with E-state index in [1.54, 1.807) is 113 Å². The summed E-state index contributed by atoms with van der Waals surface area (Å²) in [5, 5.41) is 60.1. The van der Waals surface area contributed by atoms with E-state index in [1.807, 2.05) is 136 Å². The number of benzene rings is 7. The lowest BCUT2D eigenvalue weighted by Crippen LogP contribution is -2.56. The van der Waals surface area contributed by atoms with E-state index in [0.717, 1.165) is 180 Å². The summed E-state index contributed by atoms with van der Waals surface area (Å²) in [4.78, 5) is 143. The number of aliphatic hydroxyl groups is 2. The molecule has 5 aliphatic heterocycles. The van der Waals surface area contributed by atoms with Gasteiger partial charge in [-0.15, -0.1) is 45.3 Å². The monoisotopic (exact) mass is 2060 g/mol. The Labute approximate surface area is 865 Å². The highest BCUT2D eigenvalue weighted by molar-refractivity contribution is 7.11. The predicted molar refractivity (Wildman–Crippen MR) is 570 cm³/mol.